The third kappa shape index (κ3) is 20.7. The molecule has 5 N–H and O–H groups in total. The Hall–Kier alpha value is -14.6. The fraction of sp³-hybridized carbons (Fsp3) is 0.240. The molecule has 5 unspecified atom stereocenters. The number of thiophene rings is 1. The average molecular weight is 1880 g/mol. The van der Waals surface area contributed by atoms with Crippen LogP contribution in [0.1, 0.15) is 126 Å². The Morgan fingerprint density at radius 3 is 1.60 bits per heavy atom. The van der Waals surface area contributed by atoms with E-state index in [9.17, 15) is 59.1 Å². The summed E-state index contributed by atoms with van der Waals surface area (Å²) in [6.45, 7) is 3.04. The summed E-state index contributed by atoms with van der Waals surface area (Å²) in [7, 11) is 9.35. The van der Waals surface area contributed by atoms with Crippen LogP contribution in [0.2, 0.25) is 0 Å². The maximum Gasteiger partial charge on any atom is 0.353 e. The summed E-state index contributed by atoms with van der Waals surface area (Å²) >= 11 is 5.72. The first-order valence-corrected chi connectivity index (χ1v) is 45.1. The molecule has 31 nitrogen and oxygen atoms in total. The van der Waals surface area contributed by atoms with Crippen molar-refractivity contribution < 1.29 is 106 Å². The van der Waals surface area contributed by atoms with E-state index in [4.69, 9.17) is 47.4 Å². The second-order valence-corrected chi connectivity index (χ2v) is 33.8. The van der Waals surface area contributed by atoms with Gasteiger partial charge in [-0.1, -0.05) is 42.5 Å². The molecule has 18 rings (SSSR count). The molecule has 1 saturated carbocycles. The highest BCUT2D eigenvalue weighted by atomic mass is 32.1. The zero-order valence-electron chi connectivity index (χ0n) is 71.8. The monoisotopic (exact) mass is 1880 g/mol. The van der Waals surface area contributed by atoms with Crippen LogP contribution in [-0.4, -0.2) is 169 Å². The van der Waals surface area contributed by atoms with E-state index in [1.807, 2.05) is 72.2 Å². The first-order chi connectivity index (χ1) is 64.0. The van der Waals surface area contributed by atoms with Gasteiger partial charge in [-0.2, -0.15) is 35.0 Å². The summed E-state index contributed by atoms with van der Waals surface area (Å²) in [5, 5.41) is 52.1. The van der Waals surface area contributed by atoms with E-state index in [-0.39, 0.29) is 54.3 Å². The topological polar surface area (TPSA) is 421 Å². The smallest absolute Gasteiger partial charge is 0.353 e. The quantitative estimate of drug-likeness (QED) is 0.0193. The zero-order valence-corrected chi connectivity index (χ0v) is 75.9. The second-order valence-electron chi connectivity index (χ2n) is 30.5. The molecule has 1 fully saturated rings. The fourth-order valence-corrected chi connectivity index (χ4v) is 19.2. The summed E-state index contributed by atoms with van der Waals surface area (Å²) in [6.07, 6.45) is 9.28. The number of carbonyl (C=O) groups excluding carboxylic acids is 2. The van der Waals surface area contributed by atoms with Crippen LogP contribution >= 0.6 is 58.2 Å². The molecule has 0 saturated heterocycles. The zero-order chi connectivity index (χ0) is 92.8. The van der Waals surface area contributed by atoms with Crippen molar-refractivity contribution in [1.29, 1.82) is 0 Å². The molecule has 2 aliphatic carbocycles. The highest BCUT2D eigenvalue weighted by Gasteiger charge is 2.40. The Morgan fingerprint density at radius 1 is 0.508 bits per heavy atom. The van der Waals surface area contributed by atoms with Gasteiger partial charge in [-0.3, -0.25) is 24.0 Å². The molecule has 0 radical (unpaired) electrons. The standard InChI is InChI=1S/C31H30N2O7S.C25H23N3O4S.C23H20N2O5S2.C17H12N2O6S/c1-37-21-11-8-19(9-12-21)29(34)23(28(31(35)36)20-10-13-24-25(17-20)33-41-32-24)14-18-15-26(38-2)30(27(16-18)39-3)40-22-6-4-5-7-22;1-3-32-18-9-11-22-19(13-18)23(16-5-7-17(31-2)8-6-16)24(25(29)30)28(22)14-15-4-10-20-21(12-15)27-33-26-20;1-29-15-6-3-13(4-7-15)22(26)17(12-16-8-10-20(30-2)31-16)21(23(27)28)14-5-9-18-19(11-14)25-32-24-18;20-16(21)14(8-1-3-10-11(5-8)19-26-18-10)15(17(22)23)9-2-4-12-13(6-9)25-7-24-12/h8-13,15-17,22H,4-7,14H2,1-3H3,(H,35,36);4-11,13,15H,3,12,14H2,1-2H3,(H,29,30);3-11,17,21H,12H2,1-2H3,(H,27,28);1-6,14-15H,7H2,(H,20,21)(H,22,23)/b28-23-;;;. The number of hydrogen-bond donors (Lipinski definition) is 5. The number of aromatic nitrogens is 9. The van der Waals surface area contributed by atoms with Gasteiger partial charge >= 0.3 is 29.8 Å². The van der Waals surface area contributed by atoms with Gasteiger partial charge in [0.15, 0.2) is 39.6 Å². The molecule has 7 heterocycles. The molecular formula is C96H85N9O22S5. The van der Waals surface area contributed by atoms with E-state index in [1.165, 1.54) is 36.2 Å². The molecule has 0 spiro atoms. The summed E-state index contributed by atoms with van der Waals surface area (Å²) in [5.74, 6) is -5.83. The van der Waals surface area contributed by atoms with Crippen LogP contribution in [0, 0.1) is 11.8 Å². The van der Waals surface area contributed by atoms with Gasteiger partial charge in [0.05, 0.1) is 137 Å². The number of aromatic carboxylic acids is 1. The van der Waals surface area contributed by atoms with Crippen molar-refractivity contribution in [1.82, 2.24) is 39.6 Å². The Balaban J connectivity index is 0.000000136. The second kappa shape index (κ2) is 41.9. The molecule has 36 heteroatoms. The van der Waals surface area contributed by atoms with E-state index < -0.39 is 59.3 Å². The van der Waals surface area contributed by atoms with Crippen LogP contribution in [-0.2, 0) is 45.0 Å². The molecule has 6 aromatic heterocycles. The lowest BCUT2D eigenvalue weighted by Crippen LogP contribution is -2.30. The highest BCUT2D eigenvalue weighted by molar-refractivity contribution is 7.13. The summed E-state index contributed by atoms with van der Waals surface area (Å²) in [6, 6.07) is 53.3. The number of allylic oxidation sites excluding steroid dienone is 2. The van der Waals surface area contributed by atoms with Crippen molar-refractivity contribution >= 4 is 155 Å². The number of carboxylic acids is 5. The average Bonchev–Trinajstić information content (AvgIpc) is 1.58. The van der Waals surface area contributed by atoms with Crippen molar-refractivity contribution in [3.8, 4) is 67.9 Å². The number of methoxy groups -OCH3 is 6. The highest BCUT2D eigenvalue weighted by Crippen LogP contribution is 2.46. The Kier molecular flexibility index (Phi) is 29.2. The number of rotatable bonds is 32. The maximum absolute atomic E-state index is 14.0. The van der Waals surface area contributed by atoms with Gasteiger partial charge in [0.25, 0.3) is 0 Å². The lowest BCUT2D eigenvalue weighted by molar-refractivity contribution is -0.147. The number of ether oxygens (including phenoxy) is 10. The number of hydrogen-bond acceptors (Lipinski definition) is 30. The number of nitrogens with zero attached hydrogens (tertiary/aromatic N) is 9. The molecule has 3 aliphatic rings. The summed E-state index contributed by atoms with van der Waals surface area (Å²) in [5.41, 5.74) is 11.1. The third-order valence-corrected chi connectivity index (χ3v) is 25.9. The molecule has 0 amide bonds. The molecule has 676 valence electrons. The van der Waals surface area contributed by atoms with E-state index in [0.29, 0.717) is 142 Å². The van der Waals surface area contributed by atoms with Crippen molar-refractivity contribution in [2.75, 3.05) is 56.1 Å². The lowest BCUT2D eigenvalue weighted by Gasteiger charge is -2.23. The van der Waals surface area contributed by atoms with E-state index in [2.05, 4.69) is 41.1 Å². The van der Waals surface area contributed by atoms with Gasteiger partial charge < -0.3 is 77.5 Å². The number of aliphatic carboxylic acids is 4. The number of Topliss-reactive ketones (excluding diaryl/α,β-unsaturated/α-hetero) is 2. The van der Waals surface area contributed by atoms with Crippen LogP contribution in [0.15, 0.2) is 200 Å². The Morgan fingerprint density at radius 2 is 1.04 bits per heavy atom. The Bertz CT molecular complexity index is 6810. The van der Waals surface area contributed by atoms with Crippen LogP contribution in [0.3, 0.4) is 0 Å². The van der Waals surface area contributed by atoms with E-state index in [0.717, 1.165) is 106 Å². The molecular weight excluding hydrogens is 1790 g/mol. The van der Waals surface area contributed by atoms with Gasteiger partial charge in [0.2, 0.25) is 12.5 Å². The largest absolute Gasteiger partial charge is 0.497 e. The number of ketones is 2. The number of benzene rings is 9. The van der Waals surface area contributed by atoms with Crippen LogP contribution < -0.4 is 47.4 Å². The van der Waals surface area contributed by atoms with Gasteiger partial charge in [-0.25, -0.2) is 9.59 Å². The third-order valence-electron chi connectivity index (χ3n) is 22.6. The van der Waals surface area contributed by atoms with Crippen molar-refractivity contribution in [3.05, 3.63) is 261 Å². The van der Waals surface area contributed by atoms with E-state index in [1.54, 1.807) is 163 Å². The van der Waals surface area contributed by atoms with Crippen molar-refractivity contribution in [3.63, 3.8) is 0 Å². The van der Waals surface area contributed by atoms with Gasteiger partial charge in [0, 0.05) is 69.3 Å². The number of carbonyl (C=O) groups is 7. The van der Waals surface area contributed by atoms with Gasteiger partial charge in [-0.05, 0) is 230 Å². The molecule has 9 aromatic carbocycles. The minimum absolute atomic E-state index is 0.00369. The van der Waals surface area contributed by atoms with Crippen LogP contribution in [0.25, 0.3) is 66.8 Å². The fourth-order valence-electron chi connectivity index (χ4n) is 16.2. The van der Waals surface area contributed by atoms with Gasteiger partial charge in [0.1, 0.15) is 61.8 Å². The summed E-state index contributed by atoms with van der Waals surface area (Å²) < 4.78 is 90.5. The summed E-state index contributed by atoms with van der Waals surface area (Å²) in [4.78, 5) is 90.3. The van der Waals surface area contributed by atoms with Crippen molar-refractivity contribution in [2.45, 2.75) is 82.3 Å². The lowest BCUT2D eigenvalue weighted by atomic mass is 9.79. The van der Waals surface area contributed by atoms with Crippen LogP contribution in [0.4, 0.5) is 0 Å². The molecule has 5 atom stereocenters. The molecule has 1 aliphatic heterocycles. The molecule has 0 bridgehead atoms. The Labute approximate surface area is 775 Å². The van der Waals surface area contributed by atoms with Crippen LogP contribution in [0.5, 0.6) is 56.8 Å². The number of fused-ring (bicyclic) bond motifs is 6. The predicted octanol–water partition coefficient (Wildman–Crippen LogP) is 18.3. The predicted molar refractivity (Wildman–Crippen MR) is 498 cm³/mol. The van der Waals surface area contributed by atoms with E-state index >= 15 is 0 Å². The van der Waals surface area contributed by atoms with Crippen molar-refractivity contribution in [2.24, 2.45) is 11.8 Å². The number of carboxylic acid groups (broad SMARTS) is 5. The minimum Gasteiger partial charge on any atom is -0.497 e. The normalized spacial score (nSPS) is 14.2. The first kappa shape index (κ1) is 92.1. The molecule has 132 heavy (non-hydrogen) atoms. The maximum atomic E-state index is 14.0. The first-order valence-electron chi connectivity index (χ1n) is 41.3. The van der Waals surface area contributed by atoms with Gasteiger partial charge in [-0.15, -0.1) is 11.3 Å². The SMILES string of the molecule is CCOc1ccc2c(c1)c(-c1ccc(OC)cc1)c(C(=O)O)n2CC1C=Cc2nsnc2C1.COc1ccc(C(=O)/C(Cc2cc(OC)c(OC3CCCC3)c(OC)c2)=C(\C(=O)O)c2ccc3nsnc3c2)cc1.COc1ccc(C(=O)C(Cc2ccc(OC)s2)C(C(=O)O)c2ccc3nsnc3c2)cc1.O=C(O)C(c1ccc2c(c1)OCO2)C(C(=O)O)c1ccc2nsnc2c1. The minimum atomic E-state index is -1.30. The molecule has 15 aromatic rings.